The Morgan fingerprint density at radius 3 is 2.43 bits per heavy atom. The first-order chi connectivity index (χ1) is 14.7. The van der Waals surface area contributed by atoms with Crippen LogP contribution in [0.2, 0.25) is 0 Å². The Hall–Kier alpha value is -2.43. The van der Waals surface area contributed by atoms with E-state index in [1.165, 1.54) is 41.2 Å². The van der Waals surface area contributed by atoms with E-state index in [9.17, 15) is 0 Å². The van der Waals surface area contributed by atoms with E-state index >= 15 is 0 Å². The lowest BCUT2D eigenvalue weighted by Crippen LogP contribution is -2.53. The van der Waals surface area contributed by atoms with Crippen molar-refractivity contribution in [3.8, 4) is 0 Å². The van der Waals surface area contributed by atoms with Crippen molar-refractivity contribution in [2.75, 3.05) is 0 Å². The number of fused-ring (bicyclic) bond motifs is 1. The summed E-state index contributed by atoms with van der Waals surface area (Å²) in [5.74, 6) is 0. The smallest absolute Gasteiger partial charge is 0.167 e. The van der Waals surface area contributed by atoms with Gasteiger partial charge in [-0.05, 0) is 53.9 Å². The Bertz CT molecular complexity index is 967. The number of benzene rings is 3. The van der Waals surface area contributed by atoms with E-state index in [1.807, 2.05) is 0 Å². The van der Waals surface area contributed by atoms with Crippen molar-refractivity contribution in [2.45, 2.75) is 57.3 Å². The van der Waals surface area contributed by atoms with Gasteiger partial charge in [-0.1, -0.05) is 85.6 Å². The van der Waals surface area contributed by atoms with E-state index in [2.05, 4.69) is 95.7 Å². The highest BCUT2D eigenvalue weighted by atomic mass is 32.1. The molecule has 3 aromatic carbocycles. The van der Waals surface area contributed by atoms with E-state index < -0.39 is 0 Å². The zero-order chi connectivity index (χ0) is 20.8. The van der Waals surface area contributed by atoms with Gasteiger partial charge in [0.25, 0.3) is 0 Å². The van der Waals surface area contributed by atoms with Gasteiger partial charge in [0.15, 0.2) is 5.11 Å². The Kier molecular flexibility index (Phi) is 6.98. The summed E-state index contributed by atoms with van der Waals surface area (Å²) in [5.41, 5.74) is 2.60. The quantitative estimate of drug-likeness (QED) is 0.465. The first kappa shape index (κ1) is 20.8. The van der Waals surface area contributed by atoms with Crippen LogP contribution in [0.25, 0.3) is 10.8 Å². The largest absolute Gasteiger partial charge is 0.358 e. The molecule has 3 atom stereocenters. The van der Waals surface area contributed by atoms with Crippen molar-refractivity contribution >= 4 is 28.1 Å². The van der Waals surface area contributed by atoms with Crippen LogP contribution in [0.4, 0.5) is 0 Å². The average Bonchev–Trinajstić information content (AvgIpc) is 2.78. The molecule has 0 heterocycles. The Morgan fingerprint density at radius 2 is 1.60 bits per heavy atom. The topological polar surface area (TPSA) is 36.1 Å². The second-order valence-corrected chi connectivity index (χ2v) is 8.68. The van der Waals surface area contributed by atoms with Crippen molar-refractivity contribution in [3.63, 3.8) is 0 Å². The summed E-state index contributed by atoms with van der Waals surface area (Å²) in [5, 5.41) is 14.2. The number of rotatable bonds is 6. The molecule has 0 aliphatic heterocycles. The van der Waals surface area contributed by atoms with Crippen LogP contribution < -0.4 is 16.0 Å². The molecule has 1 fully saturated rings. The molecule has 4 heteroatoms. The third-order valence-electron chi connectivity index (χ3n) is 6.13. The van der Waals surface area contributed by atoms with Crippen LogP contribution in [0, 0.1) is 0 Å². The van der Waals surface area contributed by atoms with Crippen molar-refractivity contribution in [2.24, 2.45) is 0 Å². The van der Waals surface area contributed by atoms with Gasteiger partial charge in [0.1, 0.15) is 0 Å². The summed E-state index contributed by atoms with van der Waals surface area (Å²) >= 11 is 5.71. The van der Waals surface area contributed by atoms with Gasteiger partial charge in [0.2, 0.25) is 0 Å². The Labute approximate surface area is 185 Å². The number of hydrogen-bond donors (Lipinski definition) is 3. The van der Waals surface area contributed by atoms with Crippen LogP contribution in [0.1, 0.15) is 49.8 Å². The van der Waals surface area contributed by atoms with E-state index in [0.717, 1.165) is 18.1 Å². The fraction of sp³-hybridized carbons (Fsp3) is 0.346. The lowest BCUT2D eigenvalue weighted by Gasteiger charge is -2.34. The van der Waals surface area contributed by atoms with Gasteiger partial charge in [-0.15, -0.1) is 0 Å². The lowest BCUT2D eigenvalue weighted by atomic mass is 9.90. The summed E-state index contributed by atoms with van der Waals surface area (Å²) < 4.78 is 0. The number of nitrogens with one attached hydrogen (secondary N) is 3. The van der Waals surface area contributed by atoms with E-state index in [4.69, 9.17) is 12.2 Å². The minimum atomic E-state index is 0.149. The zero-order valence-electron chi connectivity index (χ0n) is 17.6. The summed E-state index contributed by atoms with van der Waals surface area (Å²) in [6, 6.07) is 26.6. The van der Waals surface area contributed by atoms with Crippen LogP contribution in [0.15, 0.2) is 72.8 Å². The van der Waals surface area contributed by atoms with Crippen LogP contribution in [-0.2, 0) is 6.54 Å². The molecule has 3 N–H and O–H groups in total. The fourth-order valence-electron chi connectivity index (χ4n) is 4.51. The average molecular weight is 418 g/mol. The van der Waals surface area contributed by atoms with Gasteiger partial charge in [-0.3, -0.25) is 0 Å². The molecule has 4 rings (SSSR count). The number of hydrogen-bond acceptors (Lipinski definition) is 2. The highest BCUT2D eigenvalue weighted by Crippen LogP contribution is 2.24. The fourth-order valence-corrected chi connectivity index (χ4v) is 4.83. The lowest BCUT2D eigenvalue weighted by molar-refractivity contribution is 0.306. The van der Waals surface area contributed by atoms with Crippen molar-refractivity contribution < 1.29 is 0 Å². The van der Waals surface area contributed by atoms with E-state index in [1.54, 1.807) is 0 Å². The standard InChI is InChI=1S/C26H31N3S/c1-19(22-15-9-13-21-12-5-6-14-23(21)22)28-26(30)29-25-17-8-7-16-24(25)27-18-20-10-3-2-4-11-20/h2-6,9-15,19,24-25,27H,7-8,16-18H2,1H3,(H2,28,29,30)/t19-,24-,25-/m1/s1. The highest BCUT2D eigenvalue weighted by Gasteiger charge is 2.25. The van der Waals surface area contributed by atoms with Crippen LogP contribution in [-0.4, -0.2) is 17.2 Å². The molecular formula is C26H31N3S. The van der Waals surface area contributed by atoms with Gasteiger partial charge < -0.3 is 16.0 Å². The predicted octanol–water partition coefficient (Wildman–Crippen LogP) is 5.47. The molecular weight excluding hydrogens is 386 g/mol. The van der Waals surface area contributed by atoms with Crippen molar-refractivity contribution in [3.05, 3.63) is 83.9 Å². The maximum atomic E-state index is 5.71. The molecule has 0 bridgehead atoms. The molecule has 0 amide bonds. The third-order valence-corrected chi connectivity index (χ3v) is 6.37. The molecule has 0 saturated heterocycles. The summed E-state index contributed by atoms with van der Waals surface area (Å²) in [6.07, 6.45) is 4.86. The molecule has 0 unspecified atom stereocenters. The minimum Gasteiger partial charge on any atom is -0.358 e. The number of thiocarbonyl (C=S) groups is 1. The normalized spacial score (nSPS) is 19.9. The van der Waals surface area contributed by atoms with Crippen LogP contribution in [0.5, 0.6) is 0 Å². The first-order valence-corrected chi connectivity index (χ1v) is 11.4. The highest BCUT2D eigenvalue weighted by molar-refractivity contribution is 7.80. The molecule has 30 heavy (non-hydrogen) atoms. The molecule has 1 aliphatic carbocycles. The maximum Gasteiger partial charge on any atom is 0.167 e. The van der Waals surface area contributed by atoms with Crippen molar-refractivity contribution in [1.29, 1.82) is 0 Å². The Balaban J connectivity index is 1.36. The molecule has 156 valence electrons. The first-order valence-electron chi connectivity index (χ1n) is 11.0. The van der Waals surface area contributed by atoms with Crippen LogP contribution in [0.3, 0.4) is 0 Å². The van der Waals surface area contributed by atoms with Gasteiger partial charge in [-0.25, -0.2) is 0 Å². The second kappa shape index (κ2) is 10.1. The molecule has 3 nitrogen and oxygen atoms in total. The monoisotopic (exact) mass is 417 g/mol. The third kappa shape index (κ3) is 5.18. The zero-order valence-corrected chi connectivity index (χ0v) is 18.4. The summed E-state index contributed by atoms with van der Waals surface area (Å²) in [4.78, 5) is 0. The Morgan fingerprint density at radius 1 is 0.900 bits per heavy atom. The maximum absolute atomic E-state index is 5.71. The second-order valence-electron chi connectivity index (χ2n) is 8.27. The van der Waals surface area contributed by atoms with Crippen LogP contribution >= 0.6 is 12.2 Å². The van der Waals surface area contributed by atoms with Gasteiger partial charge in [-0.2, -0.15) is 0 Å². The molecule has 3 aromatic rings. The predicted molar refractivity (Wildman–Crippen MR) is 131 cm³/mol. The molecule has 1 aliphatic rings. The molecule has 1 saturated carbocycles. The molecule has 0 aromatic heterocycles. The summed E-state index contributed by atoms with van der Waals surface area (Å²) in [6.45, 7) is 3.08. The van der Waals surface area contributed by atoms with Gasteiger partial charge in [0.05, 0.1) is 6.04 Å². The summed E-state index contributed by atoms with van der Waals surface area (Å²) in [7, 11) is 0. The van der Waals surface area contributed by atoms with Gasteiger partial charge >= 0.3 is 0 Å². The van der Waals surface area contributed by atoms with Gasteiger partial charge in [0, 0.05) is 18.6 Å². The SMILES string of the molecule is C[C@@H](NC(=S)N[C@@H]1CCCC[C@H]1NCc1ccccc1)c1cccc2ccccc12. The van der Waals surface area contributed by atoms with E-state index in [0.29, 0.717) is 12.1 Å². The minimum absolute atomic E-state index is 0.149. The molecule has 0 spiro atoms. The van der Waals surface area contributed by atoms with Crippen molar-refractivity contribution in [1.82, 2.24) is 16.0 Å². The van der Waals surface area contributed by atoms with E-state index in [-0.39, 0.29) is 6.04 Å². The molecule has 0 radical (unpaired) electrons.